The highest BCUT2D eigenvalue weighted by molar-refractivity contribution is 7.21. The van der Waals surface area contributed by atoms with Crippen LogP contribution in [0.3, 0.4) is 0 Å². The molecule has 3 atom stereocenters. The molecule has 34 heavy (non-hydrogen) atoms. The molecule has 3 aromatic rings. The third-order valence-electron chi connectivity index (χ3n) is 7.54. The van der Waals surface area contributed by atoms with Crippen molar-refractivity contribution in [2.45, 2.75) is 57.2 Å². The van der Waals surface area contributed by atoms with E-state index in [4.69, 9.17) is 5.73 Å². The van der Waals surface area contributed by atoms with Crippen LogP contribution in [0.1, 0.15) is 51.3 Å². The third-order valence-corrected chi connectivity index (χ3v) is 8.65. The quantitative estimate of drug-likeness (QED) is 0.540. The van der Waals surface area contributed by atoms with Gasteiger partial charge in [-0.3, -0.25) is 4.79 Å². The van der Waals surface area contributed by atoms with Gasteiger partial charge in [-0.1, -0.05) is 6.07 Å². The summed E-state index contributed by atoms with van der Waals surface area (Å²) in [6, 6.07) is 11.7. The molecule has 174 valence electrons. The smallest absolute Gasteiger partial charge is 0.263 e. The highest BCUT2D eigenvalue weighted by Gasteiger charge is 2.34. The van der Waals surface area contributed by atoms with Crippen LogP contribution in [-0.2, 0) is 12.8 Å². The van der Waals surface area contributed by atoms with Gasteiger partial charge in [0.05, 0.1) is 16.9 Å². The predicted octanol–water partition coefficient (Wildman–Crippen LogP) is 3.29. The first kappa shape index (κ1) is 21.4. The van der Waals surface area contributed by atoms with E-state index in [1.807, 2.05) is 19.1 Å². The molecule has 6 rings (SSSR count). The first-order valence-corrected chi connectivity index (χ1v) is 12.8. The lowest BCUT2D eigenvalue weighted by Gasteiger charge is -2.36. The number of nitrogens with zero attached hydrogens (tertiary/aromatic N) is 3. The molecular formula is C26H28N6OS. The Kier molecular flexibility index (Phi) is 5.19. The van der Waals surface area contributed by atoms with Gasteiger partial charge in [-0.05, 0) is 68.4 Å². The molecule has 0 radical (unpaired) electrons. The summed E-state index contributed by atoms with van der Waals surface area (Å²) in [6.45, 7) is 3.86. The number of nitriles is 1. The number of aryl methyl sites for hydroxylation is 1. The van der Waals surface area contributed by atoms with Gasteiger partial charge in [-0.15, -0.1) is 11.3 Å². The van der Waals surface area contributed by atoms with E-state index < -0.39 is 0 Å². The monoisotopic (exact) mass is 472 g/mol. The number of carbonyl (C=O) groups is 1. The maximum Gasteiger partial charge on any atom is 0.263 e. The van der Waals surface area contributed by atoms with Crippen LogP contribution in [0, 0.1) is 18.3 Å². The van der Waals surface area contributed by atoms with E-state index in [1.54, 1.807) is 0 Å². The first-order chi connectivity index (χ1) is 16.5. The largest absolute Gasteiger partial charge is 0.397 e. The summed E-state index contributed by atoms with van der Waals surface area (Å²) in [4.78, 5) is 21.3. The molecular weight excluding hydrogens is 444 g/mol. The lowest BCUT2D eigenvalue weighted by Crippen LogP contribution is -2.51. The molecule has 1 aromatic carbocycles. The number of aromatic nitrogens is 1. The second kappa shape index (κ2) is 8.26. The zero-order chi connectivity index (χ0) is 23.4. The molecule has 1 amide bonds. The number of pyridine rings is 1. The van der Waals surface area contributed by atoms with E-state index in [0.717, 1.165) is 70.6 Å². The van der Waals surface area contributed by atoms with Crippen LogP contribution in [0.25, 0.3) is 10.2 Å². The van der Waals surface area contributed by atoms with Crippen LogP contribution in [0.15, 0.2) is 24.3 Å². The number of benzene rings is 1. The van der Waals surface area contributed by atoms with E-state index in [1.165, 1.54) is 24.2 Å². The molecule has 0 spiro atoms. The molecule has 2 saturated heterocycles. The number of fused-ring (bicyclic) bond motifs is 4. The van der Waals surface area contributed by atoms with E-state index >= 15 is 0 Å². The highest BCUT2D eigenvalue weighted by atomic mass is 32.1. The van der Waals surface area contributed by atoms with Gasteiger partial charge in [0.15, 0.2) is 0 Å². The number of nitrogens with two attached hydrogens (primary N) is 1. The fourth-order valence-electron chi connectivity index (χ4n) is 5.86. The Hall–Kier alpha value is -3.15. The number of carbonyl (C=O) groups excluding carboxylic acids is 1. The zero-order valence-electron chi connectivity index (χ0n) is 19.2. The number of thiophene rings is 1. The summed E-state index contributed by atoms with van der Waals surface area (Å²) in [5, 5.41) is 17.7. The Balaban J connectivity index is 1.21. The summed E-state index contributed by atoms with van der Waals surface area (Å²) < 4.78 is 0. The van der Waals surface area contributed by atoms with Gasteiger partial charge in [0.1, 0.15) is 15.8 Å². The number of hydrogen-bond acceptors (Lipinski definition) is 7. The number of nitrogens with one attached hydrogen (secondary N) is 2. The second-order valence-corrected chi connectivity index (χ2v) is 10.8. The Bertz CT molecular complexity index is 1330. The zero-order valence-corrected chi connectivity index (χ0v) is 20.0. The van der Waals surface area contributed by atoms with Crippen molar-refractivity contribution in [3.63, 3.8) is 0 Å². The molecule has 3 aliphatic rings. The number of amides is 1. The summed E-state index contributed by atoms with van der Waals surface area (Å²) in [5.74, 6) is -0.139. The second-order valence-electron chi connectivity index (χ2n) is 9.82. The Morgan fingerprint density at radius 3 is 2.79 bits per heavy atom. The van der Waals surface area contributed by atoms with Crippen LogP contribution in [0.4, 0.5) is 11.4 Å². The summed E-state index contributed by atoms with van der Waals surface area (Å²) in [5.41, 5.74) is 11.9. The lowest BCUT2D eigenvalue weighted by atomic mass is 9.84. The third kappa shape index (κ3) is 3.60. The number of anilines is 2. The fourth-order valence-corrected chi connectivity index (χ4v) is 6.90. The maximum absolute atomic E-state index is 13.1. The molecule has 4 heterocycles. The number of hydrogen-bond donors (Lipinski definition) is 3. The molecule has 8 heteroatoms. The van der Waals surface area contributed by atoms with Crippen LogP contribution in [-0.4, -0.2) is 42.1 Å². The molecule has 2 unspecified atom stereocenters. The van der Waals surface area contributed by atoms with E-state index in [2.05, 4.69) is 38.7 Å². The predicted molar refractivity (Wildman–Crippen MR) is 135 cm³/mol. The number of nitrogen functional groups attached to an aromatic ring is 1. The van der Waals surface area contributed by atoms with Gasteiger partial charge < -0.3 is 21.3 Å². The van der Waals surface area contributed by atoms with Gasteiger partial charge in [0, 0.05) is 42.3 Å². The van der Waals surface area contributed by atoms with Crippen molar-refractivity contribution in [3.8, 4) is 6.07 Å². The first-order valence-electron chi connectivity index (χ1n) is 12.0. The van der Waals surface area contributed by atoms with Gasteiger partial charge >= 0.3 is 0 Å². The van der Waals surface area contributed by atoms with Gasteiger partial charge in [-0.2, -0.15) is 5.26 Å². The average molecular weight is 473 g/mol. The molecule has 2 fully saturated rings. The van der Waals surface area contributed by atoms with E-state index in [0.29, 0.717) is 22.6 Å². The van der Waals surface area contributed by atoms with Crippen molar-refractivity contribution in [1.82, 2.24) is 15.6 Å². The van der Waals surface area contributed by atoms with Crippen molar-refractivity contribution < 1.29 is 4.79 Å². The van der Waals surface area contributed by atoms with Gasteiger partial charge in [-0.25, -0.2) is 4.98 Å². The standard InChI is InChI=1S/C26H28N6OS/c1-14-2-7-20-23(28)24(34-26(20)29-14)25(33)31-16-6-8-19-15(10-16)3-9-22(21(19)11-27)32-12-17-4-5-18(13-32)30-17/h2-3,7,9,16-18,30H,4-6,8,10,12-13,28H2,1H3,(H,31,33)/t16-,17?,18?/m1/s1. The molecule has 4 N–H and O–H groups in total. The van der Waals surface area contributed by atoms with Crippen molar-refractivity contribution in [3.05, 3.63) is 51.5 Å². The lowest BCUT2D eigenvalue weighted by molar-refractivity contribution is 0.0938. The summed E-state index contributed by atoms with van der Waals surface area (Å²) in [6.07, 6.45) is 4.76. The van der Waals surface area contributed by atoms with Gasteiger partial charge in [0.25, 0.3) is 5.91 Å². The van der Waals surface area contributed by atoms with E-state index in [9.17, 15) is 10.1 Å². The van der Waals surface area contributed by atoms with Crippen LogP contribution < -0.4 is 21.3 Å². The van der Waals surface area contributed by atoms with Crippen molar-refractivity contribution >= 4 is 38.8 Å². The van der Waals surface area contributed by atoms with Crippen LogP contribution in [0.5, 0.6) is 0 Å². The SMILES string of the molecule is Cc1ccc2c(N)c(C(=O)N[C@@H]3CCc4c(ccc(N5CC6CCC(C5)N6)c4C#N)C3)sc2n1. The van der Waals surface area contributed by atoms with Crippen molar-refractivity contribution in [1.29, 1.82) is 5.26 Å². The van der Waals surface area contributed by atoms with Crippen molar-refractivity contribution in [2.75, 3.05) is 23.7 Å². The molecule has 2 bridgehead atoms. The number of piperazine rings is 1. The summed E-state index contributed by atoms with van der Waals surface area (Å²) in [7, 11) is 0. The summed E-state index contributed by atoms with van der Waals surface area (Å²) >= 11 is 1.35. The minimum Gasteiger partial charge on any atom is -0.397 e. The van der Waals surface area contributed by atoms with Crippen molar-refractivity contribution in [2.24, 2.45) is 0 Å². The number of rotatable bonds is 3. The fraction of sp³-hybridized carbons (Fsp3) is 0.423. The van der Waals surface area contributed by atoms with Crippen LogP contribution in [0.2, 0.25) is 0 Å². The minimum atomic E-state index is -0.139. The average Bonchev–Trinajstić information content (AvgIpc) is 3.35. The van der Waals surface area contributed by atoms with Gasteiger partial charge in [0.2, 0.25) is 0 Å². The molecule has 2 aliphatic heterocycles. The Morgan fingerprint density at radius 2 is 2.03 bits per heavy atom. The maximum atomic E-state index is 13.1. The highest BCUT2D eigenvalue weighted by Crippen LogP contribution is 2.35. The Morgan fingerprint density at radius 1 is 1.24 bits per heavy atom. The minimum absolute atomic E-state index is 0.0201. The van der Waals surface area contributed by atoms with Crippen LogP contribution >= 0.6 is 11.3 Å². The molecule has 1 aliphatic carbocycles. The molecule has 0 saturated carbocycles. The normalized spacial score (nSPS) is 23.5. The molecule has 2 aromatic heterocycles. The van der Waals surface area contributed by atoms with E-state index in [-0.39, 0.29) is 11.9 Å². The Labute approximate surface area is 203 Å². The molecule has 7 nitrogen and oxygen atoms in total. The topological polar surface area (TPSA) is 107 Å².